The first-order valence-corrected chi connectivity index (χ1v) is 8.34. The highest BCUT2D eigenvalue weighted by Crippen LogP contribution is 2.32. The quantitative estimate of drug-likeness (QED) is 0.709. The molecule has 1 aliphatic rings. The van der Waals surface area contributed by atoms with E-state index in [4.69, 9.17) is 4.99 Å². The molecule has 0 aliphatic carbocycles. The minimum atomic E-state index is 0.623. The van der Waals surface area contributed by atoms with Crippen LogP contribution in [0.2, 0.25) is 0 Å². The van der Waals surface area contributed by atoms with Gasteiger partial charge in [-0.3, -0.25) is 5.43 Å². The lowest BCUT2D eigenvalue weighted by atomic mass is 10.2. The van der Waals surface area contributed by atoms with Gasteiger partial charge in [0.2, 0.25) is 11.1 Å². The Balaban J connectivity index is 1.82. The Bertz CT molecular complexity index is 871. The van der Waals surface area contributed by atoms with E-state index >= 15 is 0 Å². The Morgan fingerprint density at radius 2 is 1.78 bits per heavy atom. The van der Waals surface area contributed by atoms with Crippen LogP contribution in [0, 0.1) is 0 Å². The van der Waals surface area contributed by atoms with Crippen LogP contribution >= 0.6 is 11.8 Å². The molecule has 23 heavy (non-hydrogen) atoms. The van der Waals surface area contributed by atoms with Gasteiger partial charge in [-0.25, -0.2) is 9.67 Å². The third-order valence-electron chi connectivity index (χ3n) is 3.45. The molecule has 114 valence electrons. The first-order chi connectivity index (χ1) is 11.3. The predicted octanol–water partition coefficient (Wildman–Crippen LogP) is 3.32. The Morgan fingerprint density at radius 1 is 1.00 bits per heavy atom. The van der Waals surface area contributed by atoms with Crippen LogP contribution in [0.25, 0.3) is 11.4 Å². The molecule has 0 atom stereocenters. The number of nitrogens with one attached hydrogen (secondary N) is 2. The fraction of sp³-hybridized carbons (Fsp3) is 0.0625. The zero-order valence-electron chi connectivity index (χ0n) is 12.4. The molecular formula is C16H14N6S. The van der Waals surface area contributed by atoms with E-state index < -0.39 is 0 Å². The summed E-state index contributed by atoms with van der Waals surface area (Å²) in [6, 6.07) is 17.8. The fourth-order valence-electron chi connectivity index (χ4n) is 2.40. The Morgan fingerprint density at radius 3 is 2.61 bits per heavy atom. The number of aromatic nitrogens is 3. The third kappa shape index (κ3) is 2.55. The first-order valence-electron chi connectivity index (χ1n) is 7.12. The lowest BCUT2D eigenvalue weighted by molar-refractivity contribution is 0.838. The van der Waals surface area contributed by atoms with E-state index in [1.807, 2.05) is 65.5 Å². The third-order valence-corrected chi connectivity index (χ3v) is 4.08. The number of nitrogens with zero attached hydrogens (tertiary/aromatic N) is 4. The number of anilines is 1. The van der Waals surface area contributed by atoms with E-state index in [9.17, 15) is 0 Å². The van der Waals surface area contributed by atoms with Gasteiger partial charge in [0.1, 0.15) is 0 Å². The minimum absolute atomic E-state index is 0.623. The molecule has 2 heterocycles. The number of guanidine groups is 1. The molecule has 6 nitrogen and oxygen atoms in total. The zero-order valence-corrected chi connectivity index (χ0v) is 13.2. The molecule has 1 aliphatic heterocycles. The van der Waals surface area contributed by atoms with Gasteiger partial charge in [-0.05, 0) is 30.5 Å². The summed E-state index contributed by atoms with van der Waals surface area (Å²) in [7, 11) is 0. The standard InChI is InChI=1S/C16H14N6S/c1-23-16-20-19-14-12-9-5-6-10-13(12)18-15(21-22(14)16)17-11-7-3-2-4-8-11/h2-10H,1H3,(H2,17,18,21). The number of benzene rings is 2. The average molecular weight is 322 g/mol. The van der Waals surface area contributed by atoms with Gasteiger partial charge in [0.05, 0.1) is 5.69 Å². The molecule has 2 aromatic carbocycles. The predicted molar refractivity (Wildman–Crippen MR) is 93.8 cm³/mol. The number of para-hydroxylation sites is 2. The molecule has 0 bridgehead atoms. The van der Waals surface area contributed by atoms with E-state index in [2.05, 4.69) is 20.9 Å². The summed E-state index contributed by atoms with van der Waals surface area (Å²) in [4.78, 5) is 4.69. The van der Waals surface area contributed by atoms with Crippen molar-refractivity contribution in [2.75, 3.05) is 17.0 Å². The minimum Gasteiger partial charge on any atom is -0.325 e. The highest BCUT2D eigenvalue weighted by atomic mass is 32.2. The summed E-state index contributed by atoms with van der Waals surface area (Å²) in [5, 5.41) is 12.6. The fourth-order valence-corrected chi connectivity index (χ4v) is 2.84. The Labute approximate surface area is 137 Å². The second kappa shape index (κ2) is 5.77. The van der Waals surface area contributed by atoms with Crippen LogP contribution in [0.4, 0.5) is 11.4 Å². The van der Waals surface area contributed by atoms with Crippen molar-refractivity contribution < 1.29 is 0 Å². The Hall–Kier alpha value is -2.80. The lowest BCUT2D eigenvalue weighted by Gasteiger charge is -2.12. The molecule has 0 unspecified atom stereocenters. The monoisotopic (exact) mass is 322 g/mol. The van der Waals surface area contributed by atoms with Crippen molar-refractivity contribution in [2.24, 2.45) is 4.99 Å². The first kappa shape index (κ1) is 13.8. The van der Waals surface area contributed by atoms with E-state index in [-0.39, 0.29) is 0 Å². The molecule has 0 saturated carbocycles. The van der Waals surface area contributed by atoms with Gasteiger partial charge >= 0.3 is 0 Å². The highest BCUT2D eigenvalue weighted by molar-refractivity contribution is 7.98. The van der Waals surface area contributed by atoms with Crippen LogP contribution in [0.15, 0.2) is 64.7 Å². The number of thioether (sulfide) groups is 1. The molecule has 1 aromatic heterocycles. The molecule has 0 saturated heterocycles. The van der Waals surface area contributed by atoms with Gasteiger partial charge in [0, 0.05) is 11.3 Å². The second-order valence-electron chi connectivity index (χ2n) is 4.93. The number of rotatable bonds is 2. The molecule has 0 fully saturated rings. The highest BCUT2D eigenvalue weighted by Gasteiger charge is 2.20. The molecule has 4 rings (SSSR count). The van der Waals surface area contributed by atoms with E-state index in [0.29, 0.717) is 5.96 Å². The number of hydrogen-bond acceptors (Lipinski definition) is 6. The van der Waals surface area contributed by atoms with Crippen LogP contribution < -0.4 is 10.7 Å². The summed E-state index contributed by atoms with van der Waals surface area (Å²) in [5.41, 5.74) is 6.01. The van der Waals surface area contributed by atoms with Gasteiger partial charge in [-0.2, -0.15) is 0 Å². The largest absolute Gasteiger partial charge is 0.325 e. The van der Waals surface area contributed by atoms with Gasteiger partial charge in [-0.15, -0.1) is 10.2 Å². The van der Waals surface area contributed by atoms with Gasteiger partial charge in [0.15, 0.2) is 5.82 Å². The van der Waals surface area contributed by atoms with E-state index in [1.54, 1.807) is 0 Å². The van der Waals surface area contributed by atoms with E-state index in [0.717, 1.165) is 27.9 Å². The molecule has 2 N–H and O–H groups in total. The SMILES string of the molecule is CSc1nnc2n1NC(Nc1ccccc1)=Nc1ccccc1-2. The molecule has 0 amide bonds. The summed E-state index contributed by atoms with van der Waals surface area (Å²) >= 11 is 1.53. The summed E-state index contributed by atoms with van der Waals surface area (Å²) < 4.78 is 1.85. The van der Waals surface area contributed by atoms with Crippen molar-refractivity contribution in [1.29, 1.82) is 0 Å². The smallest absolute Gasteiger partial charge is 0.220 e. The van der Waals surface area contributed by atoms with Crippen molar-refractivity contribution in [2.45, 2.75) is 5.16 Å². The van der Waals surface area contributed by atoms with Crippen molar-refractivity contribution in [3.05, 3.63) is 54.6 Å². The lowest BCUT2D eigenvalue weighted by Crippen LogP contribution is -2.29. The van der Waals surface area contributed by atoms with Crippen LogP contribution in [0.1, 0.15) is 0 Å². The second-order valence-corrected chi connectivity index (χ2v) is 5.70. The molecule has 7 heteroatoms. The zero-order chi connectivity index (χ0) is 15.6. The maximum atomic E-state index is 4.69. The van der Waals surface area contributed by atoms with Crippen molar-refractivity contribution in [1.82, 2.24) is 14.9 Å². The topological polar surface area (TPSA) is 67.1 Å². The van der Waals surface area contributed by atoms with Crippen LogP contribution in [0.3, 0.4) is 0 Å². The summed E-state index contributed by atoms with van der Waals surface area (Å²) in [5.74, 6) is 1.37. The maximum absolute atomic E-state index is 4.69. The summed E-state index contributed by atoms with van der Waals surface area (Å²) in [6.07, 6.45) is 1.97. The van der Waals surface area contributed by atoms with Crippen LogP contribution in [0.5, 0.6) is 0 Å². The average Bonchev–Trinajstić information content (AvgIpc) is 2.92. The van der Waals surface area contributed by atoms with Crippen molar-refractivity contribution >= 4 is 29.1 Å². The van der Waals surface area contributed by atoms with Crippen LogP contribution in [-0.2, 0) is 0 Å². The number of fused-ring (bicyclic) bond motifs is 3. The molecule has 3 aromatic rings. The summed E-state index contributed by atoms with van der Waals surface area (Å²) in [6.45, 7) is 0. The van der Waals surface area contributed by atoms with Gasteiger partial charge in [-0.1, -0.05) is 42.1 Å². The molecule has 0 radical (unpaired) electrons. The molecule has 0 spiro atoms. The van der Waals surface area contributed by atoms with Gasteiger partial charge in [0.25, 0.3) is 0 Å². The van der Waals surface area contributed by atoms with Crippen molar-refractivity contribution in [3.8, 4) is 11.4 Å². The maximum Gasteiger partial charge on any atom is 0.220 e. The van der Waals surface area contributed by atoms with E-state index in [1.165, 1.54) is 11.8 Å². The number of aliphatic imine (C=N–C) groups is 1. The van der Waals surface area contributed by atoms with Crippen molar-refractivity contribution in [3.63, 3.8) is 0 Å². The Kier molecular flexibility index (Phi) is 3.47. The number of hydrogen-bond donors (Lipinski definition) is 2. The normalized spacial score (nSPS) is 12.5. The van der Waals surface area contributed by atoms with Gasteiger partial charge < -0.3 is 5.32 Å². The molecular weight excluding hydrogens is 308 g/mol. The van der Waals surface area contributed by atoms with Crippen LogP contribution in [-0.4, -0.2) is 27.1 Å².